The van der Waals surface area contributed by atoms with Crippen LogP contribution < -0.4 is 0 Å². The maximum absolute atomic E-state index is 11.9. The molecule has 0 saturated carbocycles. The SMILES string of the molecule is CN1C(=O)C(=O)N(CC(=O)c2ccc(C#N)cc2)C1=O. The number of Topliss-reactive ketones (excluding diaryl/α,β-unsaturated/α-hetero) is 1. The number of ketones is 1. The molecule has 2 rings (SSSR count). The Kier molecular flexibility index (Phi) is 3.31. The standard InChI is InChI=1S/C13H9N3O4/c1-15-11(18)12(19)16(13(15)20)7-10(17)9-4-2-8(6-14)3-5-9/h2-5H,7H2,1H3. The Balaban J connectivity index is 2.16. The second-order valence-electron chi connectivity index (χ2n) is 4.15. The zero-order valence-corrected chi connectivity index (χ0v) is 10.5. The van der Waals surface area contributed by atoms with Gasteiger partial charge in [-0.3, -0.25) is 19.3 Å². The molecule has 1 saturated heterocycles. The Bertz CT molecular complexity index is 657. The van der Waals surface area contributed by atoms with Gasteiger partial charge in [0.05, 0.1) is 18.2 Å². The van der Waals surface area contributed by atoms with Gasteiger partial charge >= 0.3 is 17.8 Å². The van der Waals surface area contributed by atoms with Gasteiger partial charge in [-0.15, -0.1) is 0 Å². The van der Waals surface area contributed by atoms with Gasteiger partial charge in [0.1, 0.15) is 0 Å². The summed E-state index contributed by atoms with van der Waals surface area (Å²) >= 11 is 0. The molecule has 7 nitrogen and oxygen atoms in total. The summed E-state index contributed by atoms with van der Waals surface area (Å²) in [7, 11) is 1.18. The summed E-state index contributed by atoms with van der Waals surface area (Å²) in [5, 5.41) is 8.65. The van der Waals surface area contributed by atoms with Gasteiger partial charge in [0.25, 0.3) is 0 Å². The molecule has 1 aromatic carbocycles. The summed E-state index contributed by atoms with van der Waals surface area (Å²) < 4.78 is 0. The molecule has 0 spiro atoms. The molecule has 0 radical (unpaired) electrons. The molecule has 20 heavy (non-hydrogen) atoms. The summed E-state index contributed by atoms with van der Waals surface area (Å²) in [6, 6.07) is 6.86. The number of imide groups is 2. The third kappa shape index (κ3) is 2.14. The molecule has 1 heterocycles. The summed E-state index contributed by atoms with van der Waals surface area (Å²) in [5.41, 5.74) is 0.649. The third-order valence-corrected chi connectivity index (χ3v) is 2.89. The number of benzene rings is 1. The van der Waals surface area contributed by atoms with E-state index in [4.69, 9.17) is 5.26 Å². The van der Waals surface area contributed by atoms with Gasteiger partial charge in [0.2, 0.25) is 0 Å². The zero-order chi connectivity index (χ0) is 14.9. The van der Waals surface area contributed by atoms with Gasteiger partial charge in [-0.25, -0.2) is 9.69 Å². The first-order valence-electron chi connectivity index (χ1n) is 5.62. The molecule has 7 heteroatoms. The first kappa shape index (κ1) is 13.4. The first-order valence-corrected chi connectivity index (χ1v) is 5.62. The molecule has 0 atom stereocenters. The number of carbonyl (C=O) groups is 4. The Morgan fingerprint density at radius 2 is 1.75 bits per heavy atom. The lowest BCUT2D eigenvalue weighted by Gasteiger charge is -2.11. The molecular formula is C13H9N3O4. The number of likely N-dealkylation sites (N-methyl/N-ethyl adjacent to an activating group) is 1. The molecule has 0 aromatic heterocycles. The highest BCUT2D eigenvalue weighted by molar-refractivity contribution is 6.45. The highest BCUT2D eigenvalue weighted by Gasteiger charge is 2.42. The van der Waals surface area contributed by atoms with Crippen molar-refractivity contribution in [3.8, 4) is 6.07 Å². The third-order valence-electron chi connectivity index (χ3n) is 2.89. The van der Waals surface area contributed by atoms with Crippen molar-refractivity contribution in [1.82, 2.24) is 9.80 Å². The number of urea groups is 1. The number of amides is 4. The second kappa shape index (κ2) is 4.93. The first-order chi connectivity index (χ1) is 9.45. The fourth-order valence-electron chi connectivity index (χ4n) is 1.72. The van der Waals surface area contributed by atoms with Crippen LogP contribution >= 0.6 is 0 Å². The fraction of sp³-hybridized carbons (Fsp3) is 0.154. The van der Waals surface area contributed by atoms with Gasteiger partial charge in [-0.1, -0.05) is 12.1 Å². The fourth-order valence-corrected chi connectivity index (χ4v) is 1.72. The molecule has 0 bridgehead atoms. The molecule has 1 aromatic rings. The molecule has 4 amide bonds. The topological polar surface area (TPSA) is 98.6 Å². The van der Waals surface area contributed by atoms with Crippen LogP contribution in [0.25, 0.3) is 0 Å². The smallest absolute Gasteiger partial charge is 0.292 e. The zero-order valence-electron chi connectivity index (χ0n) is 10.5. The maximum Gasteiger partial charge on any atom is 0.334 e. The van der Waals surface area contributed by atoms with Gasteiger partial charge in [0.15, 0.2) is 5.78 Å². The molecule has 0 N–H and O–H groups in total. The minimum Gasteiger partial charge on any atom is -0.292 e. The lowest BCUT2D eigenvalue weighted by atomic mass is 10.1. The molecule has 0 unspecified atom stereocenters. The van der Waals surface area contributed by atoms with Crippen LogP contribution in [0.15, 0.2) is 24.3 Å². The summed E-state index contributed by atoms with van der Waals surface area (Å²) in [6.45, 7) is -0.500. The van der Waals surface area contributed by atoms with Gasteiger partial charge < -0.3 is 0 Å². The van der Waals surface area contributed by atoms with E-state index in [0.717, 1.165) is 0 Å². The average Bonchev–Trinajstić information content (AvgIpc) is 2.65. The normalized spacial score (nSPS) is 14.7. The number of rotatable bonds is 3. The van der Waals surface area contributed by atoms with Crippen LogP contribution in [-0.4, -0.2) is 47.0 Å². The van der Waals surface area contributed by atoms with E-state index in [1.54, 1.807) is 0 Å². The van der Waals surface area contributed by atoms with Gasteiger partial charge in [-0.05, 0) is 12.1 Å². The number of nitrogens with zero attached hydrogens (tertiary/aromatic N) is 3. The van der Waals surface area contributed by atoms with Crippen LogP contribution in [0.1, 0.15) is 15.9 Å². The highest BCUT2D eigenvalue weighted by atomic mass is 16.2. The van der Waals surface area contributed by atoms with Crippen LogP contribution in [0.2, 0.25) is 0 Å². The van der Waals surface area contributed by atoms with Crippen molar-refractivity contribution in [2.45, 2.75) is 0 Å². The van der Waals surface area contributed by atoms with Crippen molar-refractivity contribution < 1.29 is 19.2 Å². The summed E-state index contributed by atoms with van der Waals surface area (Å²) in [4.78, 5) is 47.6. The minimum atomic E-state index is -1.01. The molecule has 0 aliphatic carbocycles. The van der Waals surface area contributed by atoms with E-state index in [1.165, 1.54) is 31.3 Å². The Labute approximate surface area is 114 Å². The number of carbonyl (C=O) groups excluding carboxylic acids is 4. The Hall–Kier alpha value is -3.01. The van der Waals surface area contributed by atoms with E-state index < -0.39 is 30.2 Å². The van der Waals surface area contributed by atoms with Gasteiger partial charge in [0, 0.05) is 12.6 Å². The molecule has 1 aliphatic heterocycles. The number of nitriles is 1. The van der Waals surface area contributed by atoms with Crippen LogP contribution in [0.4, 0.5) is 4.79 Å². The monoisotopic (exact) mass is 271 g/mol. The van der Waals surface area contributed by atoms with Crippen LogP contribution in [0.5, 0.6) is 0 Å². The number of hydrogen-bond donors (Lipinski definition) is 0. The Morgan fingerprint density at radius 3 is 2.20 bits per heavy atom. The van der Waals surface area contributed by atoms with Crippen LogP contribution in [0.3, 0.4) is 0 Å². The maximum atomic E-state index is 11.9. The average molecular weight is 271 g/mol. The lowest BCUT2D eigenvalue weighted by molar-refractivity contribution is -0.142. The quantitative estimate of drug-likeness (QED) is 0.443. The van der Waals surface area contributed by atoms with Crippen LogP contribution in [0, 0.1) is 11.3 Å². The van der Waals surface area contributed by atoms with Crippen molar-refractivity contribution in [2.75, 3.05) is 13.6 Å². The van der Waals surface area contributed by atoms with Crippen molar-refractivity contribution in [1.29, 1.82) is 5.26 Å². The van der Waals surface area contributed by atoms with E-state index in [0.29, 0.717) is 15.4 Å². The van der Waals surface area contributed by atoms with E-state index in [2.05, 4.69) is 0 Å². The van der Waals surface area contributed by atoms with E-state index in [-0.39, 0.29) is 5.56 Å². The van der Waals surface area contributed by atoms with Crippen molar-refractivity contribution in [3.05, 3.63) is 35.4 Å². The molecule has 1 fully saturated rings. The van der Waals surface area contributed by atoms with Crippen LogP contribution in [-0.2, 0) is 9.59 Å². The van der Waals surface area contributed by atoms with Crippen molar-refractivity contribution in [3.63, 3.8) is 0 Å². The van der Waals surface area contributed by atoms with E-state index >= 15 is 0 Å². The molecule has 100 valence electrons. The van der Waals surface area contributed by atoms with Gasteiger partial charge in [-0.2, -0.15) is 5.26 Å². The van der Waals surface area contributed by atoms with Crippen molar-refractivity contribution >= 4 is 23.6 Å². The summed E-state index contributed by atoms with van der Waals surface area (Å²) in [6.07, 6.45) is 0. The lowest BCUT2D eigenvalue weighted by Crippen LogP contribution is -2.36. The Morgan fingerprint density at radius 1 is 1.15 bits per heavy atom. The highest BCUT2D eigenvalue weighted by Crippen LogP contribution is 2.12. The predicted molar refractivity (Wildman–Crippen MR) is 65.4 cm³/mol. The second-order valence-corrected chi connectivity index (χ2v) is 4.15. The minimum absolute atomic E-state index is 0.256. The molecule has 1 aliphatic rings. The van der Waals surface area contributed by atoms with E-state index in [1.807, 2.05) is 6.07 Å². The largest absolute Gasteiger partial charge is 0.334 e. The predicted octanol–water partition coefficient (Wildman–Crippen LogP) is 0.162. The summed E-state index contributed by atoms with van der Waals surface area (Å²) in [5.74, 6) is -2.46. The molecular weight excluding hydrogens is 262 g/mol. The van der Waals surface area contributed by atoms with E-state index in [9.17, 15) is 19.2 Å². The number of hydrogen-bond acceptors (Lipinski definition) is 5. The van der Waals surface area contributed by atoms with Crippen molar-refractivity contribution in [2.24, 2.45) is 0 Å².